The van der Waals surface area contributed by atoms with Crippen LogP contribution in [0.3, 0.4) is 0 Å². The predicted molar refractivity (Wildman–Crippen MR) is 57.8 cm³/mol. The third-order valence-electron chi connectivity index (χ3n) is 2.24. The van der Waals surface area contributed by atoms with E-state index in [1.807, 2.05) is 34.6 Å². The van der Waals surface area contributed by atoms with E-state index in [0.29, 0.717) is 6.54 Å². The predicted octanol–water partition coefficient (Wildman–Crippen LogP) is 2.08. The zero-order valence-corrected chi connectivity index (χ0v) is 10.2. The second-order valence-corrected chi connectivity index (χ2v) is 5.43. The van der Waals surface area contributed by atoms with Gasteiger partial charge in [-0.3, -0.25) is 0 Å². The Morgan fingerprint density at radius 1 is 1.47 bits per heavy atom. The molecule has 15 heavy (non-hydrogen) atoms. The Morgan fingerprint density at radius 2 is 2.00 bits per heavy atom. The number of amides is 1. The van der Waals surface area contributed by atoms with E-state index in [2.05, 4.69) is 5.32 Å². The summed E-state index contributed by atoms with van der Waals surface area (Å²) in [5.74, 6) is 0. The first kappa shape index (κ1) is 12.3. The van der Waals surface area contributed by atoms with Gasteiger partial charge in [0.15, 0.2) is 0 Å². The van der Waals surface area contributed by atoms with Gasteiger partial charge in [0.05, 0.1) is 11.7 Å². The van der Waals surface area contributed by atoms with Crippen molar-refractivity contribution in [2.24, 2.45) is 0 Å². The first-order valence-electron chi connectivity index (χ1n) is 5.35. The van der Waals surface area contributed by atoms with Crippen molar-refractivity contribution in [1.82, 2.24) is 5.32 Å². The lowest BCUT2D eigenvalue weighted by molar-refractivity contribution is 0.0526. The molecule has 1 atom stereocenters. The van der Waals surface area contributed by atoms with Gasteiger partial charge in [0.1, 0.15) is 5.60 Å². The Labute approximate surface area is 91.3 Å². The topological polar surface area (TPSA) is 50.9 Å². The second-order valence-electron chi connectivity index (χ2n) is 5.43. The third-order valence-corrected chi connectivity index (χ3v) is 2.24. The second kappa shape index (κ2) is 4.00. The van der Waals surface area contributed by atoms with Crippen LogP contribution in [0, 0.1) is 0 Å². The molecule has 1 amide bonds. The fourth-order valence-corrected chi connectivity index (χ4v) is 1.36. The highest BCUT2D eigenvalue weighted by Gasteiger charge is 2.46. The first-order chi connectivity index (χ1) is 6.71. The van der Waals surface area contributed by atoms with E-state index >= 15 is 0 Å². The highest BCUT2D eigenvalue weighted by molar-refractivity contribution is 5.67. The van der Waals surface area contributed by atoms with Crippen molar-refractivity contribution in [3.05, 3.63) is 0 Å². The molecular weight excluding hydrogens is 194 g/mol. The maximum Gasteiger partial charge on any atom is 0.407 e. The van der Waals surface area contributed by atoms with Crippen LogP contribution in [0.5, 0.6) is 0 Å². The van der Waals surface area contributed by atoms with Crippen LogP contribution in [0.2, 0.25) is 0 Å². The molecule has 0 aromatic rings. The lowest BCUT2D eigenvalue weighted by Gasteiger charge is -2.19. The SMILES string of the molecule is CC(C)(C)OC(=O)NCCC1OC1(C)C. The van der Waals surface area contributed by atoms with Crippen molar-refractivity contribution < 1.29 is 14.3 Å². The molecule has 0 aliphatic carbocycles. The summed E-state index contributed by atoms with van der Waals surface area (Å²) in [6, 6.07) is 0. The zero-order valence-electron chi connectivity index (χ0n) is 10.2. The fraction of sp³-hybridized carbons (Fsp3) is 0.909. The number of nitrogens with one attached hydrogen (secondary N) is 1. The minimum absolute atomic E-state index is 0.00435. The fourth-order valence-electron chi connectivity index (χ4n) is 1.36. The van der Waals surface area contributed by atoms with Crippen LogP contribution >= 0.6 is 0 Å². The Morgan fingerprint density at radius 3 is 2.40 bits per heavy atom. The molecule has 0 radical (unpaired) electrons. The molecule has 1 aliphatic heterocycles. The minimum atomic E-state index is -0.431. The summed E-state index contributed by atoms with van der Waals surface area (Å²) in [7, 11) is 0. The molecule has 1 aliphatic rings. The number of carbonyl (C=O) groups excluding carboxylic acids is 1. The average Bonchev–Trinajstić information content (AvgIpc) is 2.54. The van der Waals surface area contributed by atoms with Crippen molar-refractivity contribution in [3.8, 4) is 0 Å². The number of rotatable bonds is 3. The molecule has 1 fully saturated rings. The summed E-state index contributed by atoms with van der Waals surface area (Å²) in [5, 5.41) is 2.71. The molecule has 88 valence electrons. The maximum atomic E-state index is 11.2. The van der Waals surface area contributed by atoms with Crippen molar-refractivity contribution in [1.29, 1.82) is 0 Å². The minimum Gasteiger partial charge on any atom is -0.444 e. The molecule has 1 heterocycles. The van der Waals surface area contributed by atoms with Gasteiger partial charge >= 0.3 is 6.09 Å². The molecule has 0 spiro atoms. The van der Waals surface area contributed by atoms with E-state index in [-0.39, 0.29) is 17.8 Å². The van der Waals surface area contributed by atoms with E-state index < -0.39 is 5.60 Å². The number of alkyl carbamates (subject to hydrolysis) is 1. The summed E-state index contributed by atoms with van der Waals surface area (Å²) in [4.78, 5) is 11.2. The van der Waals surface area contributed by atoms with Crippen molar-refractivity contribution in [2.45, 2.75) is 58.3 Å². The largest absolute Gasteiger partial charge is 0.444 e. The van der Waals surface area contributed by atoms with Crippen LogP contribution in [0.4, 0.5) is 4.79 Å². The van der Waals surface area contributed by atoms with E-state index in [4.69, 9.17) is 9.47 Å². The molecule has 1 rings (SSSR count). The summed E-state index contributed by atoms with van der Waals surface area (Å²) >= 11 is 0. The number of carbonyl (C=O) groups is 1. The molecule has 4 nitrogen and oxygen atoms in total. The Kier molecular flexibility index (Phi) is 3.28. The molecule has 1 N–H and O–H groups in total. The number of ether oxygens (including phenoxy) is 2. The summed E-state index contributed by atoms with van der Waals surface area (Å²) < 4.78 is 10.5. The van der Waals surface area contributed by atoms with Gasteiger partial charge in [0.25, 0.3) is 0 Å². The van der Waals surface area contributed by atoms with Gasteiger partial charge in [-0.25, -0.2) is 4.79 Å². The maximum absolute atomic E-state index is 11.2. The molecular formula is C11H21NO3. The van der Waals surface area contributed by atoms with Crippen molar-refractivity contribution in [3.63, 3.8) is 0 Å². The molecule has 1 saturated heterocycles. The lowest BCUT2D eigenvalue weighted by Crippen LogP contribution is -2.33. The molecule has 0 aromatic carbocycles. The van der Waals surface area contributed by atoms with Gasteiger partial charge in [-0.15, -0.1) is 0 Å². The monoisotopic (exact) mass is 215 g/mol. The Bertz CT molecular complexity index is 243. The molecule has 4 heteroatoms. The molecule has 1 unspecified atom stereocenters. The van der Waals surface area contributed by atoms with E-state index in [0.717, 1.165) is 6.42 Å². The highest BCUT2D eigenvalue weighted by Crippen LogP contribution is 2.37. The van der Waals surface area contributed by atoms with Gasteiger partial charge in [0, 0.05) is 6.54 Å². The number of hydrogen-bond donors (Lipinski definition) is 1. The van der Waals surface area contributed by atoms with Crippen molar-refractivity contribution in [2.75, 3.05) is 6.54 Å². The average molecular weight is 215 g/mol. The lowest BCUT2D eigenvalue weighted by atomic mass is 10.1. The van der Waals surface area contributed by atoms with Crippen LogP contribution in [-0.4, -0.2) is 29.9 Å². The summed E-state index contributed by atoms with van der Waals surface area (Å²) in [5.41, 5.74) is -0.435. The van der Waals surface area contributed by atoms with E-state index in [9.17, 15) is 4.79 Å². The van der Waals surface area contributed by atoms with Gasteiger partial charge < -0.3 is 14.8 Å². The smallest absolute Gasteiger partial charge is 0.407 e. The van der Waals surface area contributed by atoms with E-state index in [1.54, 1.807) is 0 Å². The Hall–Kier alpha value is -0.770. The summed E-state index contributed by atoms with van der Waals surface area (Å²) in [6.07, 6.45) is 0.750. The third kappa shape index (κ3) is 4.51. The van der Waals surface area contributed by atoms with Crippen LogP contribution in [0.15, 0.2) is 0 Å². The van der Waals surface area contributed by atoms with E-state index in [1.165, 1.54) is 0 Å². The van der Waals surface area contributed by atoms with Crippen LogP contribution in [0.1, 0.15) is 41.0 Å². The zero-order chi connectivity index (χ0) is 11.7. The number of hydrogen-bond acceptors (Lipinski definition) is 3. The quantitative estimate of drug-likeness (QED) is 0.733. The van der Waals surface area contributed by atoms with Gasteiger partial charge in [-0.1, -0.05) is 0 Å². The Balaban J connectivity index is 2.08. The first-order valence-corrected chi connectivity index (χ1v) is 5.35. The van der Waals surface area contributed by atoms with Crippen LogP contribution in [0.25, 0.3) is 0 Å². The summed E-state index contributed by atoms with van der Waals surface area (Å²) in [6.45, 7) is 10.2. The van der Waals surface area contributed by atoms with Crippen molar-refractivity contribution >= 4 is 6.09 Å². The van der Waals surface area contributed by atoms with Gasteiger partial charge in [-0.05, 0) is 41.0 Å². The molecule has 0 bridgehead atoms. The van der Waals surface area contributed by atoms with Crippen LogP contribution < -0.4 is 5.32 Å². The standard InChI is InChI=1S/C11H21NO3/c1-10(2,3)15-9(13)12-7-6-8-11(4,5)14-8/h8H,6-7H2,1-5H3,(H,12,13). The van der Waals surface area contributed by atoms with Gasteiger partial charge in [-0.2, -0.15) is 0 Å². The molecule has 0 aromatic heterocycles. The number of epoxide rings is 1. The highest BCUT2D eigenvalue weighted by atomic mass is 16.6. The normalized spacial score (nSPS) is 23.4. The molecule has 0 saturated carbocycles. The van der Waals surface area contributed by atoms with Gasteiger partial charge in [0.2, 0.25) is 0 Å². The van der Waals surface area contributed by atoms with Crippen LogP contribution in [-0.2, 0) is 9.47 Å².